The van der Waals surface area contributed by atoms with Gasteiger partial charge in [-0.2, -0.15) is 0 Å². The van der Waals surface area contributed by atoms with Gasteiger partial charge < -0.3 is 15.0 Å². The Kier molecular flexibility index (Phi) is 5.15. The molecule has 1 fully saturated rings. The highest BCUT2D eigenvalue weighted by Crippen LogP contribution is 2.24. The molecule has 1 N–H and O–H groups in total. The summed E-state index contributed by atoms with van der Waals surface area (Å²) in [6.07, 6.45) is 0.138. The van der Waals surface area contributed by atoms with Crippen LogP contribution in [0.3, 0.4) is 0 Å². The molecule has 0 aliphatic carbocycles. The third-order valence-corrected chi connectivity index (χ3v) is 4.20. The second-order valence-electron chi connectivity index (χ2n) is 7.08. The molecule has 4 heteroatoms. The molecule has 1 aromatic carbocycles. The molecule has 1 aromatic rings. The van der Waals surface area contributed by atoms with Crippen molar-refractivity contribution in [3.05, 3.63) is 42.0 Å². The number of rotatable bonds is 3. The van der Waals surface area contributed by atoms with E-state index < -0.39 is 5.54 Å². The van der Waals surface area contributed by atoms with Crippen LogP contribution in [0.25, 0.3) is 5.57 Å². The maximum Gasteiger partial charge on any atom is 0.318 e. The first-order valence-corrected chi connectivity index (χ1v) is 8.18. The maximum absolute atomic E-state index is 12.6. The van der Waals surface area contributed by atoms with Gasteiger partial charge in [-0.25, -0.2) is 4.79 Å². The number of carbonyl (C=O) groups excluding carboxylic acids is 1. The zero-order valence-corrected chi connectivity index (χ0v) is 14.8. The SMILES string of the molecule is C=C(C)c1cccc(C(C)(C)NC(=O)N2C[C@H](C)O[C@@H](C)C2)c1. The second-order valence-corrected chi connectivity index (χ2v) is 7.08. The number of hydrogen-bond donors (Lipinski definition) is 1. The van der Waals surface area contributed by atoms with E-state index in [2.05, 4.69) is 18.0 Å². The lowest BCUT2D eigenvalue weighted by molar-refractivity contribution is -0.0551. The van der Waals surface area contributed by atoms with Crippen molar-refractivity contribution in [1.29, 1.82) is 0 Å². The van der Waals surface area contributed by atoms with E-state index in [1.165, 1.54) is 0 Å². The molecule has 126 valence electrons. The van der Waals surface area contributed by atoms with Gasteiger partial charge in [0.25, 0.3) is 0 Å². The molecule has 2 amide bonds. The number of amides is 2. The van der Waals surface area contributed by atoms with Gasteiger partial charge in [0.15, 0.2) is 0 Å². The van der Waals surface area contributed by atoms with Crippen LogP contribution >= 0.6 is 0 Å². The van der Waals surface area contributed by atoms with Crippen molar-refractivity contribution in [3.63, 3.8) is 0 Å². The minimum absolute atomic E-state index is 0.0438. The summed E-state index contributed by atoms with van der Waals surface area (Å²) in [6.45, 7) is 15.3. The van der Waals surface area contributed by atoms with E-state index in [0.29, 0.717) is 13.1 Å². The van der Waals surface area contributed by atoms with Gasteiger partial charge in [0.05, 0.1) is 17.7 Å². The van der Waals surface area contributed by atoms with Gasteiger partial charge in [-0.15, -0.1) is 0 Å². The van der Waals surface area contributed by atoms with E-state index in [0.717, 1.165) is 16.7 Å². The number of hydrogen-bond acceptors (Lipinski definition) is 2. The summed E-state index contributed by atoms with van der Waals surface area (Å²) < 4.78 is 5.69. The maximum atomic E-state index is 12.6. The predicted octanol–water partition coefficient (Wildman–Crippen LogP) is 3.77. The van der Waals surface area contributed by atoms with Crippen LogP contribution in [-0.2, 0) is 10.3 Å². The molecule has 1 heterocycles. The van der Waals surface area contributed by atoms with Gasteiger partial charge in [-0.1, -0.05) is 30.4 Å². The number of morpholine rings is 1. The van der Waals surface area contributed by atoms with Crippen LogP contribution in [0.1, 0.15) is 45.7 Å². The molecular formula is C19H28N2O2. The van der Waals surface area contributed by atoms with Crippen molar-refractivity contribution >= 4 is 11.6 Å². The molecule has 0 radical (unpaired) electrons. The average molecular weight is 316 g/mol. The van der Waals surface area contributed by atoms with Gasteiger partial charge in [0, 0.05) is 13.1 Å². The van der Waals surface area contributed by atoms with Crippen molar-refractivity contribution in [1.82, 2.24) is 10.2 Å². The van der Waals surface area contributed by atoms with Crippen LogP contribution < -0.4 is 5.32 Å². The standard InChI is InChI=1S/C19H28N2O2/c1-13(2)16-8-7-9-17(10-16)19(5,6)20-18(22)21-11-14(3)23-15(4)12-21/h7-10,14-15H,1,11-12H2,2-6H3,(H,20,22)/t14-,15-/m0/s1. The highest BCUT2D eigenvalue weighted by Gasteiger charge is 2.30. The number of carbonyl (C=O) groups is 1. The van der Waals surface area contributed by atoms with Crippen LogP contribution in [0, 0.1) is 0 Å². The summed E-state index contributed by atoms with van der Waals surface area (Å²) in [4.78, 5) is 14.5. The molecule has 2 atom stereocenters. The summed E-state index contributed by atoms with van der Waals surface area (Å²) in [7, 11) is 0. The van der Waals surface area contributed by atoms with Gasteiger partial charge in [-0.3, -0.25) is 0 Å². The Morgan fingerprint density at radius 1 is 1.30 bits per heavy atom. The molecule has 0 aromatic heterocycles. The Bertz CT molecular complexity index is 585. The molecule has 0 unspecified atom stereocenters. The van der Waals surface area contributed by atoms with Crippen molar-refractivity contribution in [2.45, 2.75) is 52.4 Å². The van der Waals surface area contributed by atoms with Gasteiger partial charge in [-0.05, 0) is 51.8 Å². The Labute approximate surface area is 139 Å². The molecule has 4 nitrogen and oxygen atoms in total. The first-order valence-electron chi connectivity index (χ1n) is 8.18. The van der Waals surface area contributed by atoms with Crippen molar-refractivity contribution < 1.29 is 9.53 Å². The van der Waals surface area contributed by atoms with Crippen molar-refractivity contribution in [3.8, 4) is 0 Å². The smallest absolute Gasteiger partial charge is 0.318 e. The fourth-order valence-electron chi connectivity index (χ4n) is 2.94. The summed E-state index contributed by atoms with van der Waals surface area (Å²) in [5, 5.41) is 3.15. The van der Waals surface area contributed by atoms with E-state index >= 15 is 0 Å². The first-order chi connectivity index (χ1) is 10.7. The monoisotopic (exact) mass is 316 g/mol. The topological polar surface area (TPSA) is 41.6 Å². The van der Waals surface area contributed by atoms with E-state index in [1.54, 1.807) is 0 Å². The van der Waals surface area contributed by atoms with Gasteiger partial charge in [0.2, 0.25) is 0 Å². The van der Waals surface area contributed by atoms with E-state index in [9.17, 15) is 4.79 Å². The molecule has 0 bridgehead atoms. The Hall–Kier alpha value is -1.81. The predicted molar refractivity (Wildman–Crippen MR) is 94.3 cm³/mol. The highest BCUT2D eigenvalue weighted by atomic mass is 16.5. The molecule has 1 saturated heterocycles. The Morgan fingerprint density at radius 3 is 2.48 bits per heavy atom. The lowest BCUT2D eigenvalue weighted by Gasteiger charge is -2.38. The minimum Gasteiger partial charge on any atom is -0.372 e. The Morgan fingerprint density at radius 2 is 1.91 bits per heavy atom. The van der Waals surface area contributed by atoms with Gasteiger partial charge in [0.1, 0.15) is 0 Å². The molecule has 0 saturated carbocycles. The number of urea groups is 1. The van der Waals surface area contributed by atoms with E-state index in [4.69, 9.17) is 4.74 Å². The van der Waals surface area contributed by atoms with Gasteiger partial charge >= 0.3 is 6.03 Å². The van der Waals surface area contributed by atoms with Crippen LogP contribution in [0.5, 0.6) is 0 Å². The number of ether oxygens (including phenoxy) is 1. The minimum atomic E-state index is -0.451. The lowest BCUT2D eigenvalue weighted by Crippen LogP contribution is -2.55. The van der Waals surface area contributed by atoms with E-state index in [1.807, 2.05) is 57.7 Å². The lowest BCUT2D eigenvalue weighted by atomic mass is 9.92. The average Bonchev–Trinajstić information content (AvgIpc) is 2.46. The molecular weight excluding hydrogens is 288 g/mol. The number of nitrogens with zero attached hydrogens (tertiary/aromatic N) is 1. The largest absolute Gasteiger partial charge is 0.372 e. The quantitative estimate of drug-likeness (QED) is 0.922. The number of allylic oxidation sites excluding steroid dienone is 1. The molecule has 1 aliphatic heterocycles. The molecule has 23 heavy (non-hydrogen) atoms. The molecule has 1 aliphatic rings. The van der Waals surface area contributed by atoms with Crippen LogP contribution in [0.15, 0.2) is 30.8 Å². The fourth-order valence-corrected chi connectivity index (χ4v) is 2.94. The summed E-state index contributed by atoms with van der Waals surface area (Å²) >= 11 is 0. The summed E-state index contributed by atoms with van der Waals surface area (Å²) in [5.74, 6) is 0. The van der Waals surface area contributed by atoms with Crippen LogP contribution in [0.4, 0.5) is 4.79 Å². The second kappa shape index (κ2) is 6.75. The summed E-state index contributed by atoms with van der Waals surface area (Å²) in [6, 6.07) is 8.13. The van der Waals surface area contributed by atoms with Crippen molar-refractivity contribution in [2.75, 3.05) is 13.1 Å². The molecule has 2 rings (SSSR count). The normalized spacial score (nSPS) is 21.9. The van der Waals surface area contributed by atoms with Crippen LogP contribution in [0.2, 0.25) is 0 Å². The molecule has 0 spiro atoms. The zero-order chi connectivity index (χ0) is 17.2. The van der Waals surface area contributed by atoms with Crippen LogP contribution in [-0.4, -0.2) is 36.2 Å². The first kappa shape index (κ1) is 17.5. The number of nitrogens with one attached hydrogen (secondary N) is 1. The Balaban J connectivity index is 2.12. The highest BCUT2D eigenvalue weighted by molar-refractivity contribution is 5.75. The summed E-state index contributed by atoms with van der Waals surface area (Å²) in [5.41, 5.74) is 2.73. The third-order valence-electron chi connectivity index (χ3n) is 4.20. The van der Waals surface area contributed by atoms with E-state index in [-0.39, 0.29) is 18.2 Å². The van der Waals surface area contributed by atoms with Crippen molar-refractivity contribution in [2.24, 2.45) is 0 Å². The zero-order valence-electron chi connectivity index (χ0n) is 14.8. The fraction of sp³-hybridized carbons (Fsp3) is 0.526. The third kappa shape index (κ3) is 4.35. The number of benzene rings is 1.